The van der Waals surface area contributed by atoms with E-state index in [1.54, 1.807) is 6.07 Å². The van der Waals surface area contributed by atoms with Gasteiger partial charge < -0.3 is 0 Å². The van der Waals surface area contributed by atoms with Crippen LogP contribution in [0.5, 0.6) is 0 Å². The Morgan fingerprint density at radius 3 is 2.56 bits per heavy atom. The Bertz CT molecular complexity index is 615. The molecule has 0 unspecified atom stereocenters. The molecule has 0 atom stereocenters. The zero-order valence-electron chi connectivity index (χ0n) is 8.27. The molecular weight excluding hydrogens is 268 g/mol. The number of carbonyl (C=O) groups is 1. The number of hydrogen-bond donors (Lipinski definition) is 1. The van der Waals surface area contributed by atoms with Crippen molar-refractivity contribution in [2.75, 3.05) is 0 Å². The molecule has 0 aliphatic carbocycles. The van der Waals surface area contributed by atoms with E-state index >= 15 is 0 Å². The van der Waals surface area contributed by atoms with Crippen molar-refractivity contribution in [1.82, 2.24) is 0 Å². The molecule has 0 saturated carbocycles. The maximum absolute atomic E-state index is 11.7. The number of nitrogens with one attached hydrogen (secondary N) is 1. The molecule has 0 saturated heterocycles. The summed E-state index contributed by atoms with van der Waals surface area (Å²) < 4.78 is 0.947. The zero-order valence-corrected chi connectivity index (χ0v) is 9.86. The van der Waals surface area contributed by atoms with Crippen molar-refractivity contribution in [2.45, 2.75) is 0 Å². The van der Waals surface area contributed by atoms with Gasteiger partial charge in [-0.25, -0.2) is 0 Å². The molecule has 1 N–H and O–H groups in total. The van der Waals surface area contributed by atoms with Crippen molar-refractivity contribution in [2.24, 2.45) is 0 Å². The molecule has 3 nitrogen and oxygen atoms in total. The van der Waals surface area contributed by atoms with Crippen LogP contribution in [-0.2, 0) is 0 Å². The van der Waals surface area contributed by atoms with E-state index in [0.717, 1.165) is 21.5 Å². The Balaban J connectivity index is 2.77. The third-order valence-electron chi connectivity index (χ3n) is 2.32. The monoisotopic (exact) mass is 275 g/mol. The standard InChI is InChI=1S/C12H8BrN2O/c13-11-6-5-10(12(16)7-15-14)8-3-1-2-4-9(8)11/h1-7,14H/q+1. The van der Waals surface area contributed by atoms with Gasteiger partial charge in [-0.1, -0.05) is 40.2 Å². The molecule has 0 amide bonds. The summed E-state index contributed by atoms with van der Waals surface area (Å²) in [6, 6.07) is 11.2. The number of Topliss-reactive ketones (excluding diaryl/α,β-unsaturated/α-hetero) is 1. The van der Waals surface area contributed by atoms with E-state index in [4.69, 9.17) is 5.53 Å². The van der Waals surface area contributed by atoms with Gasteiger partial charge in [0.1, 0.15) is 0 Å². The van der Waals surface area contributed by atoms with Gasteiger partial charge in [-0.05, 0) is 22.9 Å². The molecule has 0 spiro atoms. The number of hydrogen-bond acceptors (Lipinski definition) is 2. The lowest BCUT2D eigenvalue weighted by molar-refractivity contribution is -0.111. The van der Waals surface area contributed by atoms with Gasteiger partial charge in [-0.3, -0.25) is 4.79 Å². The summed E-state index contributed by atoms with van der Waals surface area (Å²) in [6.07, 6.45) is 1.01. The van der Waals surface area contributed by atoms with Gasteiger partial charge in [0.25, 0.3) is 5.78 Å². The molecule has 0 bridgehead atoms. The topological polar surface area (TPSA) is 55.0 Å². The van der Waals surface area contributed by atoms with E-state index in [1.807, 2.05) is 30.3 Å². The summed E-state index contributed by atoms with van der Waals surface area (Å²) in [5.74, 6) is -0.251. The fourth-order valence-corrected chi connectivity index (χ4v) is 2.08. The van der Waals surface area contributed by atoms with Crippen LogP contribution in [0.4, 0.5) is 0 Å². The molecule has 16 heavy (non-hydrogen) atoms. The second-order valence-corrected chi connectivity index (χ2v) is 4.12. The first kappa shape index (κ1) is 10.7. The van der Waals surface area contributed by atoms with Crippen LogP contribution >= 0.6 is 15.9 Å². The minimum atomic E-state index is -0.251. The van der Waals surface area contributed by atoms with Crippen molar-refractivity contribution >= 4 is 38.7 Å². The summed E-state index contributed by atoms with van der Waals surface area (Å²) in [7, 11) is 0. The second-order valence-electron chi connectivity index (χ2n) is 3.26. The average molecular weight is 276 g/mol. The van der Waals surface area contributed by atoms with E-state index in [-0.39, 0.29) is 5.78 Å². The van der Waals surface area contributed by atoms with Crippen LogP contribution in [-0.4, -0.2) is 16.8 Å². The van der Waals surface area contributed by atoms with E-state index in [0.29, 0.717) is 5.56 Å². The van der Waals surface area contributed by atoms with Crippen molar-refractivity contribution in [1.29, 1.82) is 5.53 Å². The molecule has 0 heterocycles. The van der Waals surface area contributed by atoms with Gasteiger partial charge in [0.2, 0.25) is 0 Å². The quantitative estimate of drug-likeness (QED) is 0.389. The molecule has 2 aromatic rings. The third-order valence-corrected chi connectivity index (χ3v) is 3.01. The van der Waals surface area contributed by atoms with Crippen molar-refractivity contribution in [3.63, 3.8) is 0 Å². The number of benzene rings is 2. The number of ketones is 1. The Kier molecular flexibility index (Phi) is 2.95. The van der Waals surface area contributed by atoms with Crippen LogP contribution in [0, 0.1) is 5.53 Å². The zero-order chi connectivity index (χ0) is 11.5. The predicted octanol–water partition coefficient (Wildman–Crippen LogP) is 3.09. The number of nitrogens with zero attached hydrogens (tertiary/aromatic N) is 1. The smallest absolute Gasteiger partial charge is 0.281 e. The number of rotatable bonds is 2. The molecule has 4 heteroatoms. The van der Waals surface area contributed by atoms with Gasteiger partial charge in [-0.2, -0.15) is 0 Å². The van der Waals surface area contributed by atoms with Crippen LogP contribution in [0.2, 0.25) is 0 Å². The summed E-state index contributed by atoms with van der Waals surface area (Å²) >= 11 is 3.44. The van der Waals surface area contributed by atoms with Crippen molar-refractivity contribution in [3.8, 4) is 0 Å². The van der Waals surface area contributed by atoms with Crippen LogP contribution in [0.15, 0.2) is 40.9 Å². The van der Waals surface area contributed by atoms with Crippen molar-refractivity contribution < 1.29 is 9.58 Å². The number of carbonyl (C=O) groups excluding carboxylic acids is 1. The van der Waals surface area contributed by atoms with E-state index in [2.05, 4.69) is 20.7 Å². The summed E-state index contributed by atoms with van der Waals surface area (Å²) in [6.45, 7) is 0. The summed E-state index contributed by atoms with van der Waals surface area (Å²) in [5.41, 5.74) is 7.24. The maximum atomic E-state index is 11.7. The lowest BCUT2D eigenvalue weighted by Crippen LogP contribution is -2.01. The average Bonchev–Trinajstić information content (AvgIpc) is 2.30. The molecule has 0 aliphatic heterocycles. The Hall–Kier alpha value is -1.77. The highest BCUT2D eigenvalue weighted by atomic mass is 79.9. The largest absolute Gasteiger partial charge is 0.377 e. The molecule has 0 radical (unpaired) electrons. The second kappa shape index (κ2) is 4.39. The van der Waals surface area contributed by atoms with Crippen LogP contribution in [0.3, 0.4) is 0 Å². The van der Waals surface area contributed by atoms with Gasteiger partial charge in [-0.15, -0.1) is 0 Å². The molecule has 78 valence electrons. The van der Waals surface area contributed by atoms with E-state index in [1.165, 1.54) is 0 Å². The van der Waals surface area contributed by atoms with E-state index in [9.17, 15) is 4.79 Å². The van der Waals surface area contributed by atoms with Crippen LogP contribution in [0.25, 0.3) is 10.8 Å². The minimum Gasteiger partial charge on any atom is -0.281 e. The third kappa shape index (κ3) is 1.81. The normalized spacial score (nSPS) is 9.81. The molecule has 0 aromatic heterocycles. The first-order chi connectivity index (χ1) is 7.74. The Labute approximate surface area is 100 Å². The highest BCUT2D eigenvalue weighted by Crippen LogP contribution is 2.26. The molecule has 0 aliphatic rings. The Morgan fingerprint density at radius 1 is 1.19 bits per heavy atom. The molecule has 2 rings (SSSR count). The Morgan fingerprint density at radius 2 is 1.88 bits per heavy atom. The van der Waals surface area contributed by atoms with Gasteiger partial charge >= 0.3 is 6.21 Å². The van der Waals surface area contributed by atoms with Gasteiger partial charge in [0.15, 0.2) is 0 Å². The molecular formula is C12H8BrN2O+. The number of halogens is 1. The van der Waals surface area contributed by atoms with Gasteiger partial charge in [0.05, 0.1) is 10.3 Å². The first-order valence-corrected chi connectivity index (χ1v) is 5.44. The lowest BCUT2D eigenvalue weighted by atomic mass is 10.0. The molecule has 0 fully saturated rings. The van der Waals surface area contributed by atoms with Gasteiger partial charge in [0, 0.05) is 10.0 Å². The van der Waals surface area contributed by atoms with Crippen LogP contribution < -0.4 is 0 Å². The highest BCUT2D eigenvalue weighted by Gasteiger charge is 2.13. The fraction of sp³-hybridized carbons (Fsp3) is 0. The summed E-state index contributed by atoms with van der Waals surface area (Å²) in [5, 5.41) is 1.84. The van der Waals surface area contributed by atoms with E-state index < -0.39 is 0 Å². The first-order valence-electron chi connectivity index (χ1n) is 4.65. The lowest BCUT2D eigenvalue weighted by Gasteiger charge is -2.03. The SMILES string of the molecule is N=[N+]=CC(=O)c1ccc(Br)c2ccccc12. The van der Waals surface area contributed by atoms with Crippen molar-refractivity contribution in [3.05, 3.63) is 46.4 Å². The molecule has 2 aromatic carbocycles. The highest BCUT2D eigenvalue weighted by molar-refractivity contribution is 9.10. The summed E-state index contributed by atoms with van der Waals surface area (Å²) in [4.78, 5) is 14.7. The maximum Gasteiger partial charge on any atom is 0.377 e. The predicted molar refractivity (Wildman–Crippen MR) is 65.0 cm³/mol. The minimum absolute atomic E-state index is 0.251. The van der Waals surface area contributed by atoms with Crippen LogP contribution in [0.1, 0.15) is 10.4 Å². The number of fused-ring (bicyclic) bond motifs is 1. The fourth-order valence-electron chi connectivity index (χ4n) is 1.61.